The lowest BCUT2D eigenvalue weighted by atomic mass is 9.93. The van der Waals surface area contributed by atoms with Crippen LogP contribution in [0.5, 0.6) is 0 Å². The van der Waals surface area contributed by atoms with Gasteiger partial charge in [0.1, 0.15) is 6.10 Å². The molecule has 1 aromatic heterocycles. The van der Waals surface area contributed by atoms with Crippen molar-refractivity contribution in [1.29, 1.82) is 0 Å². The van der Waals surface area contributed by atoms with E-state index in [1.54, 1.807) is 24.3 Å². The van der Waals surface area contributed by atoms with Crippen LogP contribution in [0.25, 0.3) is 0 Å². The molecule has 0 saturated heterocycles. The summed E-state index contributed by atoms with van der Waals surface area (Å²) >= 11 is 1.48. The fourth-order valence-corrected chi connectivity index (χ4v) is 4.70. The number of nitrogens with one attached hydrogen (secondary N) is 1. The van der Waals surface area contributed by atoms with Crippen LogP contribution in [0.4, 0.5) is 5.95 Å². The third kappa shape index (κ3) is 3.26. The molecule has 1 N–H and O–H groups in total. The van der Waals surface area contributed by atoms with Crippen LogP contribution in [0.2, 0.25) is 0 Å². The minimum Gasteiger partial charge on any atom is -0.325 e. The van der Waals surface area contributed by atoms with Gasteiger partial charge < -0.3 is 5.32 Å². The van der Waals surface area contributed by atoms with E-state index < -0.39 is 16.2 Å². The minimum atomic E-state index is -3.83. The van der Waals surface area contributed by atoms with Gasteiger partial charge in [-0.3, -0.25) is 4.18 Å². The molecule has 1 atom stereocenters. The molecule has 1 aliphatic heterocycles. The first kappa shape index (κ1) is 17.6. The fraction of sp³-hybridized carbons (Fsp3) is 0.412. The summed E-state index contributed by atoms with van der Waals surface area (Å²) in [6.07, 6.45) is 3.84. The molecule has 0 spiro atoms. The standard InChI is InChI=1S/C17H20N4O3S2/c1-11-6-8-13(9-7-11)26(22,23)24-14-5-3-4-12-10-21-16(18-15(12)14)19-17(20-21)25-2/h6-9,14H,3-5,10H2,1-2H3,(H,18,19,20). The summed E-state index contributed by atoms with van der Waals surface area (Å²) in [5.74, 6) is 0.635. The molecular weight excluding hydrogens is 372 g/mol. The maximum Gasteiger partial charge on any atom is 0.297 e. The molecule has 2 heterocycles. The summed E-state index contributed by atoms with van der Waals surface area (Å²) in [5.41, 5.74) is 2.95. The summed E-state index contributed by atoms with van der Waals surface area (Å²) < 4.78 is 32.8. The highest BCUT2D eigenvalue weighted by atomic mass is 32.2. The van der Waals surface area contributed by atoms with Crippen molar-refractivity contribution in [1.82, 2.24) is 14.8 Å². The predicted molar refractivity (Wildman–Crippen MR) is 99.5 cm³/mol. The number of anilines is 1. The molecule has 1 aliphatic carbocycles. The van der Waals surface area contributed by atoms with Crippen LogP contribution in [0.1, 0.15) is 24.8 Å². The first-order valence-electron chi connectivity index (χ1n) is 8.44. The summed E-state index contributed by atoms with van der Waals surface area (Å²) in [6, 6.07) is 6.71. The molecule has 2 aliphatic rings. The highest BCUT2D eigenvalue weighted by Crippen LogP contribution is 2.34. The largest absolute Gasteiger partial charge is 0.325 e. The zero-order chi connectivity index (χ0) is 18.3. The smallest absolute Gasteiger partial charge is 0.297 e. The van der Waals surface area contributed by atoms with Crippen LogP contribution in [0.3, 0.4) is 0 Å². The first-order valence-corrected chi connectivity index (χ1v) is 11.1. The molecule has 7 nitrogen and oxygen atoms in total. The quantitative estimate of drug-likeness (QED) is 0.632. The molecule has 0 radical (unpaired) electrons. The van der Waals surface area contributed by atoms with E-state index in [-0.39, 0.29) is 4.90 Å². The van der Waals surface area contributed by atoms with Crippen LogP contribution in [-0.4, -0.2) is 35.5 Å². The van der Waals surface area contributed by atoms with Crippen LogP contribution in [0, 0.1) is 6.92 Å². The molecule has 1 aromatic carbocycles. The van der Waals surface area contributed by atoms with Gasteiger partial charge in [-0.1, -0.05) is 29.5 Å². The SMILES string of the molecule is CSc1nc2n(n1)CC1=C(N2)C(OS(=O)(=O)c2ccc(C)cc2)CCC1. The number of rotatable bonds is 4. The Balaban J connectivity index is 1.60. The average molecular weight is 393 g/mol. The molecule has 4 rings (SSSR count). The third-order valence-electron chi connectivity index (χ3n) is 4.62. The topological polar surface area (TPSA) is 86.1 Å². The van der Waals surface area contributed by atoms with Crippen molar-refractivity contribution in [2.45, 2.75) is 48.9 Å². The second-order valence-electron chi connectivity index (χ2n) is 6.47. The van der Waals surface area contributed by atoms with Crippen molar-refractivity contribution in [3.05, 3.63) is 41.1 Å². The number of nitrogens with zero attached hydrogens (tertiary/aromatic N) is 3. The Morgan fingerprint density at radius 3 is 2.81 bits per heavy atom. The molecule has 138 valence electrons. The fourth-order valence-electron chi connectivity index (χ4n) is 3.26. The second kappa shape index (κ2) is 6.71. The lowest BCUT2D eigenvalue weighted by Crippen LogP contribution is -2.33. The Morgan fingerprint density at radius 2 is 2.08 bits per heavy atom. The summed E-state index contributed by atoms with van der Waals surface area (Å²) in [4.78, 5) is 4.60. The van der Waals surface area contributed by atoms with E-state index in [0.717, 1.165) is 29.7 Å². The summed E-state index contributed by atoms with van der Waals surface area (Å²) in [5, 5.41) is 8.37. The highest BCUT2D eigenvalue weighted by molar-refractivity contribution is 7.98. The van der Waals surface area contributed by atoms with Crippen LogP contribution in [0.15, 0.2) is 45.6 Å². The van der Waals surface area contributed by atoms with Gasteiger partial charge in [0, 0.05) is 5.70 Å². The zero-order valence-corrected chi connectivity index (χ0v) is 16.2. The number of thioether (sulfide) groups is 1. The molecular formula is C17H20N4O3S2. The van der Waals surface area contributed by atoms with Crippen molar-refractivity contribution in [2.24, 2.45) is 0 Å². The maximum absolute atomic E-state index is 12.7. The molecule has 26 heavy (non-hydrogen) atoms. The number of aryl methyl sites for hydroxylation is 1. The molecule has 9 heteroatoms. The molecule has 0 bridgehead atoms. The van der Waals surface area contributed by atoms with Gasteiger partial charge in [0.25, 0.3) is 10.1 Å². The van der Waals surface area contributed by atoms with Gasteiger partial charge in [-0.2, -0.15) is 13.4 Å². The predicted octanol–water partition coefficient (Wildman–Crippen LogP) is 2.95. The molecule has 0 fully saturated rings. The Morgan fingerprint density at radius 1 is 1.31 bits per heavy atom. The molecule has 2 aromatic rings. The Kier molecular flexibility index (Phi) is 4.54. The van der Waals surface area contributed by atoms with Crippen molar-refractivity contribution < 1.29 is 12.6 Å². The van der Waals surface area contributed by atoms with E-state index in [0.29, 0.717) is 24.1 Å². The van der Waals surface area contributed by atoms with Crippen LogP contribution >= 0.6 is 11.8 Å². The first-order chi connectivity index (χ1) is 12.5. The Bertz CT molecular complexity index is 964. The van der Waals surface area contributed by atoms with Crippen molar-refractivity contribution in [2.75, 3.05) is 11.6 Å². The third-order valence-corrected chi connectivity index (χ3v) is 6.50. The van der Waals surface area contributed by atoms with Crippen molar-refractivity contribution >= 4 is 27.8 Å². The number of hydrogen-bond donors (Lipinski definition) is 1. The minimum absolute atomic E-state index is 0.180. The highest BCUT2D eigenvalue weighted by Gasteiger charge is 2.33. The average Bonchev–Trinajstić information content (AvgIpc) is 3.02. The van der Waals surface area contributed by atoms with Gasteiger partial charge in [-0.05, 0) is 50.1 Å². The van der Waals surface area contributed by atoms with Gasteiger partial charge in [0.05, 0.1) is 11.4 Å². The van der Waals surface area contributed by atoms with E-state index in [2.05, 4.69) is 15.4 Å². The number of allylic oxidation sites excluding steroid dienone is 1. The Labute approximate surface area is 157 Å². The number of hydrogen-bond acceptors (Lipinski definition) is 7. The molecule has 1 unspecified atom stereocenters. The normalized spacial score (nSPS) is 19.7. The summed E-state index contributed by atoms with van der Waals surface area (Å²) in [6.45, 7) is 2.54. The van der Waals surface area contributed by atoms with Crippen LogP contribution < -0.4 is 5.32 Å². The summed E-state index contributed by atoms with van der Waals surface area (Å²) in [7, 11) is -3.83. The van der Waals surface area contributed by atoms with Crippen molar-refractivity contribution in [3.8, 4) is 0 Å². The number of fused-ring (bicyclic) bond motifs is 1. The van der Waals surface area contributed by atoms with Gasteiger partial charge in [-0.25, -0.2) is 4.68 Å². The number of aromatic nitrogens is 3. The second-order valence-corrected chi connectivity index (χ2v) is 8.81. The molecule has 0 amide bonds. The van der Waals surface area contributed by atoms with E-state index >= 15 is 0 Å². The lowest BCUT2D eigenvalue weighted by molar-refractivity contribution is 0.219. The van der Waals surface area contributed by atoms with E-state index in [9.17, 15) is 8.42 Å². The van der Waals surface area contributed by atoms with Crippen LogP contribution in [-0.2, 0) is 20.8 Å². The van der Waals surface area contributed by atoms with E-state index in [4.69, 9.17) is 4.18 Å². The Hall–Kier alpha value is -1.84. The van der Waals surface area contributed by atoms with E-state index in [1.807, 2.05) is 17.9 Å². The monoisotopic (exact) mass is 392 g/mol. The maximum atomic E-state index is 12.7. The van der Waals surface area contributed by atoms with Gasteiger partial charge in [0.15, 0.2) is 0 Å². The van der Waals surface area contributed by atoms with Gasteiger partial charge >= 0.3 is 0 Å². The van der Waals surface area contributed by atoms with Crippen molar-refractivity contribution in [3.63, 3.8) is 0 Å². The van der Waals surface area contributed by atoms with Gasteiger partial charge in [-0.15, -0.1) is 5.10 Å². The molecule has 0 saturated carbocycles. The zero-order valence-electron chi connectivity index (χ0n) is 14.6. The van der Waals surface area contributed by atoms with E-state index in [1.165, 1.54) is 11.8 Å². The lowest BCUT2D eigenvalue weighted by Gasteiger charge is -2.31. The number of benzene rings is 1. The van der Waals surface area contributed by atoms with Gasteiger partial charge in [0.2, 0.25) is 11.1 Å².